The Labute approximate surface area is 125 Å². The van der Waals surface area contributed by atoms with Crippen molar-refractivity contribution in [2.45, 2.75) is 38.8 Å². The third kappa shape index (κ3) is 3.68. The number of aromatic nitrogens is 2. The Morgan fingerprint density at radius 1 is 1.33 bits per heavy atom. The van der Waals surface area contributed by atoms with Gasteiger partial charge in [-0.3, -0.25) is 4.98 Å². The molecule has 0 atom stereocenters. The molecule has 0 spiro atoms. The van der Waals surface area contributed by atoms with Gasteiger partial charge in [0.1, 0.15) is 0 Å². The SMILES string of the molecule is Cc1ccncc1CNCc1cc(C2CCNCC2)no1. The van der Waals surface area contributed by atoms with Gasteiger partial charge >= 0.3 is 0 Å². The topological polar surface area (TPSA) is 63.0 Å². The van der Waals surface area contributed by atoms with Crippen molar-refractivity contribution in [1.82, 2.24) is 20.8 Å². The first-order valence-electron chi connectivity index (χ1n) is 7.59. The normalized spacial score (nSPS) is 16.2. The van der Waals surface area contributed by atoms with E-state index in [-0.39, 0.29) is 0 Å². The number of nitrogens with one attached hydrogen (secondary N) is 2. The molecule has 1 saturated heterocycles. The lowest BCUT2D eigenvalue weighted by Crippen LogP contribution is -2.26. The summed E-state index contributed by atoms with van der Waals surface area (Å²) >= 11 is 0. The summed E-state index contributed by atoms with van der Waals surface area (Å²) in [6.07, 6.45) is 6.02. The van der Waals surface area contributed by atoms with Crippen molar-refractivity contribution in [3.8, 4) is 0 Å². The monoisotopic (exact) mass is 286 g/mol. The van der Waals surface area contributed by atoms with Crippen LogP contribution in [0.5, 0.6) is 0 Å². The fourth-order valence-corrected chi connectivity index (χ4v) is 2.72. The molecule has 0 aromatic carbocycles. The van der Waals surface area contributed by atoms with Crippen LogP contribution in [0.15, 0.2) is 29.0 Å². The fraction of sp³-hybridized carbons (Fsp3) is 0.500. The minimum atomic E-state index is 0.546. The third-order valence-electron chi connectivity index (χ3n) is 4.10. The minimum Gasteiger partial charge on any atom is -0.360 e. The highest BCUT2D eigenvalue weighted by atomic mass is 16.5. The number of hydrogen-bond acceptors (Lipinski definition) is 5. The van der Waals surface area contributed by atoms with Gasteiger partial charge in [0.15, 0.2) is 5.76 Å². The van der Waals surface area contributed by atoms with Gasteiger partial charge in [-0.2, -0.15) is 0 Å². The lowest BCUT2D eigenvalue weighted by molar-refractivity contribution is 0.354. The summed E-state index contributed by atoms with van der Waals surface area (Å²) in [7, 11) is 0. The molecule has 3 heterocycles. The quantitative estimate of drug-likeness (QED) is 0.881. The van der Waals surface area contributed by atoms with Gasteiger partial charge in [0.05, 0.1) is 12.2 Å². The van der Waals surface area contributed by atoms with Crippen LogP contribution < -0.4 is 10.6 Å². The lowest BCUT2D eigenvalue weighted by Gasteiger charge is -2.19. The average Bonchev–Trinajstić information content (AvgIpc) is 2.99. The van der Waals surface area contributed by atoms with Crippen LogP contribution in [0.2, 0.25) is 0 Å². The maximum atomic E-state index is 5.44. The van der Waals surface area contributed by atoms with Crippen molar-refractivity contribution in [3.63, 3.8) is 0 Å². The Bertz CT molecular complexity index is 575. The zero-order valence-electron chi connectivity index (χ0n) is 12.4. The van der Waals surface area contributed by atoms with Crippen molar-refractivity contribution in [2.24, 2.45) is 0 Å². The second-order valence-corrected chi connectivity index (χ2v) is 5.65. The number of nitrogens with zero attached hydrogens (tertiary/aromatic N) is 2. The van der Waals surface area contributed by atoms with E-state index in [9.17, 15) is 0 Å². The first kappa shape index (κ1) is 14.2. The van der Waals surface area contributed by atoms with E-state index in [1.165, 1.54) is 11.1 Å². The van der Waals surface area contributed by atoms with Gasteiger partial charge in [-0.25, -0.2) is 0 Å². The minimum absolute atomic E-state index is 0.546. The van der Waals surface area contributed by atoms with E-state index < -0.39 is 0 Å². The highest BCUT2D eigenvalue weighted by Gasteiger charge is 2.18. The summed E-state index contributed by atoms with van der Waals surface area (Å²) in [5, 5.41) is 11.0. The van der Waals surface area contributed by atoms with Crippen LogP contribution in [-0.2, 0) is 13.1 Å². The summed E-state index contributed by atoms with van der Waals surface area (Å²) in [6.45, 7) is 5.74. The summed E-state index contributed by atoms with van der Waals surface area (Å²) < 4.78 is 5.44. The van der Waals surface area contributed by atoms with Crippen LogP contribution in [0.4, 0.5) is 0 Å². The first-order valence-corrected chi connectivity index (χ1v) is 7.59. The average molecular weight is 286 g/mol. The molecule has 0 aliphatic carbocycles. The maximum Gasteiger partial charge on any atom is 0.150 e. The van der Waals surface area contributed by atoms with Crippen LogP contribution in [0, 0.1) is 6.92 Å². The molecular formula is C16H22N4O. The Kier molecular flexibility index (Phi) is 4.62. The van der Waals surface area contributed by atoms with Gasteiger partial charge in [0.25, 0.3) is 0 Å². The summed E-state index contributed by atoms with van der Waals surface area (Å²) in [4.78, 5) is 4.15. The van der Waals surface area contributed by atoms with E-state index in [2.05, 4.69) is 33.8 Å². The van der Waals surface area contributed by atoms with Crippen LogP contribution in [-0.4, -0.2) is 23.2 Å². The molecule has 1 fully saturated rings. The van der Waals surface area contributed by atoms with Gasteiger partial charge in [-0.05, 0) is 50.0 Å². The maximum absolute atomic E-state index is 5.44. The van der Waals surface area contributed by atoms with Crippen LogP contribution >= 0.6 is 0 Å². The molecule has 2 aromatic heterocycles. The molecule has 2 aromatic rings. The second kappa shape index (κ2) is 6.83. The third-order valence-corrected chi connectivity index (χ3v) is 4.10. The molecule has 0 unspecified atom stereocenters. The van der Waals surface area contributed by atoms with Gasteiger partial charge in [-0.15, -0.1) is 0 Å². The molecule has 0 amide bonds. The molecule has 0 bridgehead atoms. The molecule has 1 aliphatic heterocycles. The number of rotatable bonds is 5. The molecule has 5 nitrogen and oxygen atoms in total. The molecule has 2 N–H and O–H groups in total. The molecule has 0 radical (unpaired) electrons. The zero-order chi connectivity index (χ0) is 14.5. The van der Waals surface area contributed by atoms with E-state index in [0.717, 1.165) is 43.9 Å². The molecule has 1 aliphatic rings. The van der Waals surface area contributed by atoms with Crippen molar-refractivity contribution in [2.75, 3.05) is 13.1 Å². The molecular weight excluding hydrogens is 264 g/mol. The Balaban J connectivity index is 1.52. The molecule has 5 heteroatoms. The number of pyridine rings is 1. The first-order chi connectivity index (χ1) is 10.3. The van der Waals surface area contributed by atoms with E-state index in [0.29, 0.717) is 12.5 Å². The van der Waals surface area contributed by atoms with Crippen molar-refractivity contribution in [3.05, 3.63) is 47.1 Å². The van der Waals surface area contributed by atoms with E-state index in [1.807, 2.05) is 18.5 Å². The van der Waals surface area contributed by atoms with E-state index >= 15 is 0 Å². The standard InChI is InChI=1S/C16H22N4O/c1-12-2-5-18-9-14(12)10-19-11-15-8-16(20-21-15)13-3-6-17-7-4-13/h2,5,8-9,13,17,19H,3-4,6-7,10-11H2,1H3. The largest absolute Gasteiger partial charge is 0.360 e. The Hall–Kier alpha value is -1.72. The molecule has 0 saturated carbocycles. The summed E-state index contributed by atoms with van der Waals surface area (Å²) in [5.74, 6) is 1.45. The summed E-state index contributed by atoms with van der Waals surface area (Å²) in [6, 6.07) is 4.12. The highest BCUT2D eigenvalue weighted by molar-refractivity contribution is 5.21. The van der Waals surface area contributed by atoms with Gasteiger partial charge in [-0.1, -0.05) is 5.16 Å². The summed E-state index contributed by atoms with van der Waals surface area (Å²) in [5.41, 5.74) is 3.58. The van der Waals surface area contributed by atoms with Crippen LogP contribution in [0.25, 0.3) is 0 Å². The van der Waals surface area contributed by atoms with Crippen LogP contribution in [0.3, 0.4) is 0 Å². The van der Waals surface area contributed by atoms with Crippen molar-refractivity contribution in [1.29, 1.82) is 0 Å². The fourth-order valence-electron chi connectivity index (χ4n) is 2.72. The lowest BCUT2D eigenvalue weighted by atomic mass is 9.95. The van der Waals surface area contributed by atoms with Crippen molar-refractivity contribution < 1.29 is 4.52 Å². The van der Waals surface area contributed by atoms with Crippen molar-refractivity contribution >= 4 is 0 Å². The second-order valence-electron chi connectivity index (χ2n) is 5.65. The highest BCUT2D eigenvalue weighted by Crippen LogP contribution is 2.24. The molecule has 3 rings (SSSR count). The van der Waals surface area contributed by atoms with Gasteiger partial charge in [0.2, 0.25) is 0 Å². The smallest absolute Gasteiger partial charge is 0.150 e. The Morgan fingerprint density at radius 3 is 3.00 bits per heavy atom. The molecule has 112 valence electrons. The number of aryl methyl sites for hydroxylation is 1. The number of hydrogen-bond donors (Lipinski definition) is 2. The predicted octanol–water partition coefficient (Wildman–Crippen LogP) is 2.13. The van der Waals surface area contributed by atoms with Crippen LogP contribution in [0.1, 0.15) is 41.3 Å². The molecule has 21 heavy (non-hydrogen) atoms. The van der Waals surface area contributed by atoms with Gasteiger partial charge < -0.3 is 15.2 Å². The Morgan fingerprint density at radius 2 is 2.19 bits per heavy atom. The number of piperidine rings is 1. The van der Waals surface area contributed by atoms with E-state index in [1.54, 1.807) is 0 Å². The van der Waals surface area contributed by atoms with Gasteiger partial charge in [0, 0.05) is 30.9 Å². The zero-order valence-corrected chi connectivity index (χ0v) is 12.4. The predicted molar refractivity (Wildman–Crippen MR) is 80.9 cm³/mol. The van der Waals surface area contributed by atoms with E-state index in [4.69, 9.17) is 4.52 Å².